The van der Waals surface area contributed by atoms with Crippen molar-refractivity contribution in [2.24, 2.45) is 46.3 Å². The summed E-state index contributed by atoms with van der Waals surface area (Å²) in [4.78, 5) is 40.0. The van der Waals surface area contributed by atoms with Gasteiger partial charge in [0.15, 0.2) is 11.5 Å². The zero-order valence-corrected chi connectivity index (χ0v) is 24.7. The third kappa shape index (κ3) is 3.91. The van der Waals surface area contributed by atoms with Crippen LogP contribution in [0.3, 0.4) is 0 Å². The number of fused-ring (bicyclic) bond motifs is 7. The molecule has 0 radical (unpaired) electrons. The van der Waals surface area contributed by atoms with Gasteiger partial charge in [0, 0.05) is 43.4 Å². The third-order valence-corrected chi connectivity index (χ3v) is 12.5. The Labute approximate surface area is 242 Å². The minimum atomic E-state index is -0.738. The van der Waals surface area contributed by atoms with Gasteiger partial charge in [0.25, 0.3) is 5.79 Å². The van der Waals surface area contributed by atoms with Crippen molar-refractivity contribution < 1.29 is 28.6 Å². The summed E-state index contributed by atoms with van der Waals surface area (Å²) in [7, 11) is 1.42. The molecule has 0 unspecified atom stereocenters. The minimum Gasteiger partial charge on any atom is -0.469 e. The number of ether oxygens (including phenoxy) is 3. The van der Waals surface area contributed by atoms with Gasteiger partial charge in [-0.05, 0) is 83.6 Å². The van der Waals surface area contributed by atoms with E-state index in [9.17, 15) is 14.4 Å². The number of Topliss-reactive ketones (excluding diaryl/α,β-unsaturated/α-hetero) is 2. The van der Waals surface area contributed by atoms with Crippen LogP contribution in [0.1, 0.15) is 78.6 Å². The highest BCUT2D eigenvalue weighted by Crippen LogP contribution is 2.68. The number of ketones is 2. The molecule has 41 heavy (non-hydrogen) atoms. The SMILES string of the molecule is COC(=O)CC[C@@H](C)[C@H]1CC[C@H]2[C@@H]3C(=O)C[C@@H]4CC5(CC[C@]4(C)[C@H]3CC(=O)[C@]12C)Oc1cc2ccccc2cc1O5. The Hall–Kier alpha value is -2.89. The highest BCUT2D eigenvalue weighted by Gasteiger charge is 2.67. The van der Waals surface area contributed by atoms with Crippen molar-refractivity contribution in [3.8, 4) is 11.5 Å². The van der Waals surface area contributed by atoms with E-state index in [2.05, 4.69) is 45.0 Å². The van der Waals surface area contributed by atoms with Crippen LogP contribution in [0.4, 0.5) is 0 Å². The first kappa shape index (κ1) is 27.0. The van der Waals surface area contributed by atoms with E-state index >= 15 is 0 Å². The van der Waals surface area contributed by atoms with Crippen molar-refractivity contribution >= 4 is 28.3 Å². The van der Waals surface area contributed by atoms with Gasteiger partial charge >= 0.3 is 5.97 Å². The smallest absolute Gasteiger partial charge is 0.305 e. The molecule has 2 aromatic rings. The summed E-state index contributed by atoms with van der Waals surface area (Å²) in [5.41, 5.74) is -0.589. The second kappa shape index (κ2) is 9.31. The molecule has 0 bridgehead atoms. The summed E-state index contributed by atoms with van der Waals surface area (Å²) < 4.78 is 18.0. The topological polar surface area (TPSA) is 78.9 Å². The molecule has 1 heterocycles. The quantitative estimate of drug-likeness (QED) is 0.379. The number of benzene rings is 2. The fourth-order valence-corrected chi connectivity index (χ4v) is 10.2. The van der Waals surface area contributed by atoms with Gasteiger partial charge in [-0.15, -0.1) is 0 Å². The first-order chi connectivity index (χ1) is 19.6. The molecule has 7 rings (SSSR count). The first-order valence-electron chi connectivity index (χ1n) is 15.6. The third-order valence-electron chi connectivity index (χ3n) is 12.5. The van der Waals surface area contributed by atoms with E-state index in [1.807, 2.05) is 12.1 Å². The maximum absolute atomic E-state index is 14.1. The molecule has 6 nitrogen and oxygen atoms in total. The van der Waals surface area contributed by atoms with Gasteiger partial charge in [-0.2, -0.15) is 0 Å². The van der Waals surface area contributed by atoms with Gasteiger partial charge in [0.05, 0.1) is 7.11 Å². The summed E-state index contributed by atoms with van der Waals surface area (Å²) >= 11 is 0. The summed E-state index contributed by atoms with van der Waals surface area (Å²) in [6.07, 6.45) is 6.29. The molecule has 8 atom stereocenters. The highest BCUT2D eigenvalue weighted by atomic mass is 16.7. The summed E-state index contributed by atoms with van der Waals surface area (Å²) in [6.45, 7) is 6.65. The van der Waals surface area contributed by atoms with E-state index in [1.165, 1.54) is 7.11 Å². The second-order valence-corrected chi connectivity index (χ2v) is 14.3. The van der Waals surface area contributed by atoms with Crippen LogP contribution < -0.4 is 9.47 Å². The minimum absolute atomic E-state index is 0.0567. The van der Waals surface area contributed by atoms with Gasteiger partial charge < -0.3 is 14.2 Å². The molecule has 6 heteroatoms. The van der Waals surface area contributed by atoms with Crippen molar-refractivity contribution in [1.29, 1.82) is 0 Å². The zero-order valence-electron chi connectivity index (χ0n) is 24.7. The lowest BCUT2D eigenvalue weighted by Crippen LogP contribution is -2.62. The van der Waals surface area contributed by atoms with Crippen molar-refractivity contribution in [2.75, 3.05) is 7.11 Å². The number of carbonyl (C=O) groups excluding carboxylic acids is 3. The Morgan fingerprint density at radius 2 is 1.68 bits per heavy atom. The Balaban J connectivity index is 1.12. The monoisotopic (exact) mass is 558 g/mol. The van der Waals surface area contributed by atoms with E-state index in [0.717, 1.165) is 54.4 Å². The summed E-state index contributed by atoms with van der Waals surface area (Å²) in [5, 5.41) is 2.25. The number of methoxy groups -OCH3 is 1. The Morgan fingerprint density at radius 3 is 2.34 bits per heavy atom. The van der Waals surface area contributed by atoms with Crippen molar-refractivity contribution in [3.63, 3.8) is 0 Å². The maximum atomic E-state index is 14.1. The first-order valence-corrected chi connectivity index (χ1v) is 15.6. The van der Waals surface area contributed by atoms with Crippen LogP contribution in [0, 0.1) is 46.3 Å². The molecule has 2 aromatic carbocycles. The molecular weight excluding hydrogens is 516 g/mol. The second-order valence-electron chi connectivity index (χ2n) is 14.3. The lowest BCUT2D eigenvalue weighted by Gasteiger charge is -2.60. The van der Waals surface area contributed by atoms with Crippen LogP contribution in [-0.2, 0) is 19.1 Å². The standard InChI is InChI=1S/C35H42O6/c1-20(9-12-31(38)39-4)24-10-11-25-32-26(18-30(37)34(24,25)3)33(2)13-14-35(19-23(33)17-27(32)36)40-28-15-21-7-5-6-8-22(21)16-29(28)41-35/h5-8,15-16,20,23-26,32H,9-14,17-19H2,1-4H3/t20-,23-,24-,25+,26+,32+,33+,34-/m1/s1. The molecule has 4 aliphatic carbocycles. The highest BCUT2D eigenvalue weighted by molar-refractivity contribution is 5.92. The zero-order chi connectivity index (χ0) is 28.7. The van der Waals surface area contributed by atoms with Crippen LogP contribution in [0.2, 0.25) is 0 Å². The molecule has 4 fully saturated rings. The molecule has 1 spiro atoms. The van der Waals surface area contributed by atoms with Gasteiger partial charge in [-0.25, -0.2) is 0 Å². The molecule has 1 aliphatic heterocycles. The number of hydrogen-bond acceptors (Lipinski definition) is 6. The van der Waals surface area contributed by atoms with Gasteiger partial charge in [0.1, 0.15) is 11.6 Å². The average molecular weight is 559 g/mol. The number of rotatable bonds is 4. The molecule has 0 N–H and O–H groups in total. The van der Waals surface area contributed by atoms with Crippen LogP contribution in [0.15, 0.2) is 36.4 Å². The predicted molar refractivity (Wildman–Crippen MR) is 154 cm³/mol. The van der Waals surface area contributed by atoms with E-state index in [-0.39, 0.29) is 46.9 Å². The fraction of sp³-hybridized carbons (Fsp3) is 0.629. The molecule has 5 aliphatic rings. The van der Waals surface area contributed by atoms with Crippen molar-refractivity contribution in [3.05, 3.63) is 36.4 Å². The molecule has 0 saturated heterocycles. The van der Waals surface area contributed by atoms with E-state index in [0.29, 0.717) is 37.2 Å². The van der Waals surface area contributed by atoms with Crippen molar-refractivity contribution in [1.82, 2.24) is 0 Å². The molecule has 0 aromatic heterocycles. The van der Waals surface area contributed by atoms with Gasteiger partial charge in [-0.3, -0.25) is 14.4 Å². The Kier molecular flexibility index (Phi) is 6.12. The van der Waals surface area contributed by atoms with Crippen LogP contribution in [0.25, 0.3) is 10.8 Å². The molecular formula is C35H42O6. The van der Waals surface area contributed by atoms with Gasteiger partial charge in [-0.1, -0.05) is 45.0 Å². The summed E-state index contributed by atoms with van der Waals surface area (Å²) in [6, 6.07) is 12.4. The lowest BCUT2D eigenvalue weighted by molar-refractivity contribution is -0.192. The van der Waals surface area contributed by atoms with E-state index in [4.69, 9.17) is 14.2 Å². The van der Waals surface area contributed by atoms with E-state index in [1.54, 1.807) is 0 Å². The Morgan fingerprint density at radius 1 is 1.00 bits per heavy atom. The Bertz CT molecular complexity index is 1380. The van der Waals surface area contributed by atoms with Crippen LogP contribution >= 0.6 is 0 Å². The van der Waals surface area contributed by atoms with E-state index < -0.39 is 11.2 Å². The molecule has 0 amide bonds. The fourth-order valence-electron chi connectivity index (χ4n) is 10.2. The van der Waals surface area contributed by atoms with Crippen molar-refractivity contribution in [2.45, 2.75) is 84.3 Å². The maximum Gasteiger partial charge on any atom is 0.305 e. The lowest BCUT2D eigenvalue weighted by atomic mass is 9.43. The van der Waals surface area contributed by atoms with Crippen LogP contribution in [0.5, 0.6) is 11.5 Å². The van der Waals surface area contributed by atoms with Crippen LogP contribution in [-0.4, -0.2) is 30.4 Å². The summed E-state index contributed by atoms with van der Waals surface area (Å²) in [5.74, 6) is 1.98. The number of carbonyl (C=O) groups is 3. The predicted octanol–water partition coefficient (Wildman–Crippen LogP) is 6.91. The molecule has 218 valence electrons. The largest absolute Gasteiger partial charge is 0.469 e. The number of hydrogen-bond donors (Lipinski definition) is 0. The van der Waals surface area contributed by atoms with Gasteiger partial charge in [0.2, 0.25) is 0 Å². The number of esters is 1. The molecule has 4 saturated carbocycles. The normalized spacial score (nSPS) is 37.4. The average Bonchev–Trinajstić information content (AvgIpc) is 3.49.